The first kappa shape index (κ1) is 17.9. The minimum atomic E-state index is -0.650. The second-order valence-corrected chi connectivity index (χ2v) is 7.33. The monoisotopic (exact) mass is 399 g/mol. The molecule has 3 aliphatic heterocycles. The fourth-order valence-electron chi connectivity index (χ4n) is 3.73. The van der Waals surface area contributed by atoms with Crippen molar-refractivity contribution in [1.82, 2.24) is 10.7 Å². The van der Waals surface area contributed by atoms with E-state index in [2.05, 4.69) is 21.2 Å². The van der Waals surface area contributed by atoms with Crippen LogP contribution in [0.3, 0.4) is 0 Å². The van der Waals surface area contributed by atoms with Gasteiger partial charge in [0.1, 0.15) is 30.0 Å². The molecule has 1 atom stereocenters. The molecule has 7 nitrogen and oxygen atoms in total. The van der Waals surface area contributed by atoms with Crippen molar-refractivity contribution in [3.63, 3.8) is 0 Å². The van der Waals surface area contributed by atoms with E-state index in [1.165, 1.54) is 12.1 Å². The summed E-state index contributed by atoms with van der Waals surface area (Å²) in [5.41, 5.74) is 4.70. The molecular formula is C20H19F2N5O2. The number of rotatable bonds is 3. The average Bonchev–Trinajstić information content (AvgIpc) is 2.67. The molecule has 3 N–H and O–H groups in total. The zero-order chi connectivity index (χ0) is 20.1. The number of carbonyl (C=O) groups is 1. The number of ether oxygens (including phenoxy) is 1. The summed E-state index contributed by atoms with van der Waals surface area (Å²) in [5.74, 6) is -0.383. The largest absolute Gasteiger partial charge is 0.483 e. The number of fused-ring (bicyclic) bond motifs is 3. The molecule has 1 saturated heterocycles. The van der Waals surface area contributed by atoms with Crippen LogP contribution in [0.4, 0.5) is 20.2 Å². The van der Waals surface area contributed by atoms with E-state index in [9.17, 15) is 13.6 Å². The Labute approximate surface area is 165 Å². The second-order valence-electron chi connectivity index (χ2n) is 7.33. The zero-order valence-corrected chi connectivity index (χ0v) is 15.6. The maximum absolute atomic E-state index is 14.6. The predicted molar refractivity (Wildman–Crippen MR) is 105 cm³/mol. The molecule has 0 aromatic heterocycles. The number of halogens is 2. The molecule has 3 aliphatic rings. The molecule has 0 bridgehead atoms. The van der Waals surface area contributed by atoms with Gasteiger partial charge in [0.15, 0.2) is 5.84 Å². The van der Waals surface area contributed by atoms with Crippen molar-refractivity contribution in [2.75, 3.05) is 29.9 Å². The van der Waals surface area contributed by atoms with E-state index in [-0.39, 0.29) is 24.1 Å². The Morgan fingerprint density at radius 2 is 2.03 bits per heavy atom. The highest BCUT2D eigenvalue weighted by atomic mass is 19.1. The van der Waals surface area contributed by atoms with Crippen molar-refractivity contribution in [2.45, 2.75) is 19.0 Å². The molecule has 9 heteroatoms. The molecule has 0 unspecified atom stereocenters. The molecule has 150 valence electrons. The smallest absolute Gasteiger partial charge is 0.262 e. The SMILES string of the molecule is C[C@@H]1C(=O)NN=C2COc3cc(-c4ccc(F)cc4F)c(NC4CNC4)cc3N21. The van der Waals surface area contributed by atoms with Crippen molar-refractivity contribution in [3.05, 3.63) is 42.0 Å². The van der Waals surface area contributed by atoms with Gasteiger partial charge in [0.25, 0.3) is 5.91 Å². The van der Waals surface area contributed by atoms with Gasteiger partial charge in [-0.15, -0.1) is 0 Å². The molecular weight excluding hydrogens is 380 g/mol. The van der Waals surface area contributed by atoms with E-state index < -0.39 is 17.7 Å². The first-order valence-electron chi connectivity index (χ1n) is 9.40. The van der Waals surface area contributed by atoms with Gasteiger partial charge in [-0.2, -0.15) is 5.10 Å². The standard InChI is InChI=1S/C20H19F2N5O2/c1-10-20(28)26-25-19-9-29-18-5-14(13-3-2-11(21)4-15(13)22)16(6-17(18)27(10)19)24-12-7-23-8-12/h2-6,10,12,23-24H,7-9H2,1H3,(H,26,28)/t10-/m1/s1. The Bertz CT molecular complexity index is 1040. The van der Waals surface area contributed by atoms with Crippen LogP contribution >= 0.6 is 0 Å². The first-order valence-corrected chi connectivity index (χ1v) is 9.40. The van der Waals surface area contributed by atoms with Gasteiger partial charge in [-0.25, -0.2) is 14.2 Å². The van der Waals surface area contributed by atoms with Gasteiger partial charge in [0.05, 0.1) is 11.7 Å². The van der Waals surface area contributed by atoms with Gasteiger partial charge in [-0.3, -0.25) is 4.79 Å². The average molecular weight is 399 g/mol. The maximum Gasteiger partial charge on any atom is 0.262 e. The van der Waals surface area contributed by atoms with Gasteiger partial charge < -0.3 is 20.3 Å². The zero-order valence-electron chi connectivity index (χ0n) is 15.6. The van der Waals surface area contributed by atoms with Crippen molar-refractivity contribution < 1.29 is 18.3 Å². The van der Waals surface area contributed by atoms with Gasteiger partial charge in [0.2, 0.25) is 0 Å². The topological polar surface area (TPSA) is 78.0 Å². The van der Waals surface area contributed by atoms with Crippen LogP contribution in [0.1, 0.15) is 6.92 Å². The summed E-state index contributed by atoms with van der Waals surface area (Å²) in [7, 11) is 0. The number of hydrogen-bond donors (Lipinski definition) is 3. The second kappa shape index (κ2) is 6.70. The molecule has 0 radical (unpaired) electrons. The lowest BCUT2D eigenvalue weighted by Gasteiger charge is -2.39. The predicted octanol–water partition coefficient (Wildman–Crippen LogP) is 2.05. The Kier molecular flexibility index (Phi) is 4.13. The minimum Gasteiger partial charge on any atom is -0.483 e. The molecule has 5 rings (SSSR count). The highest BCUT2D eigenvalue weighted by Crippen LogP contribution is 2.43. The third kappa shape index (κ3) is 2.98. The summed E-state index contributed by atoms with van der Waals surface area (Å²) in [4.78, 5) is 14.0. The number of benzene rings is 2. The van der Waals surface area contributed by atoms with Crippen molar-refractivity contribution in [2.24, 2.45) is 5.10 Å². The summed E-state index contributed by atoms with van der Waals surface area (Å²) in [6.07, 6.45) is 0. The lowest BCUT2D eigenvalue weighted by atomic mass is 9.99. The molecule has 1 amide bonds. The molecule has 1 fully saturated rings. The molecule has 0 aliphatic carbocycles. The van der Waals surface area contributed by atoms with Gasteiger partial charge >= 0.3 is 0 Å². The third-order valence-electron chi connectivity index (χ3n) is 5.42. The molecule has 0 saturated carbocycles. The lowest BCUT2D eigenvalue weighted by Crippen LogP contribution is -2.55. The van der Waals surface area contributed by atoms with Crippen molar-refractivity contribution in [1.29, 1.82) is 0 Å². The molecule has 3 heterocycles. The summed E-state index contributed by atoms with van der Waals surface area (Å²) in [6.45, 7) is 3.54. The van der Waals surface area contributed by atoms with Crippen LogP contribution in [0, 0.1) is 11.6 Å². The minimum absolute atomic E-state index is 0.183. The number of nitrogens with zero attached hydrogens (tertiary/aromatic N) is 2. The Hall–Kier alpha value is -3.20. The maximum atomic E-state index is 14.6. The summed E-state index contributed by atoms with van der Waals surface area (Å²) in [6, 6.07) is 6.82. The molecule has 0 spiro atoms. The van der Waals surface area contributed by atoms with Crippen LogP contribution in [0.15, 0.2) is 35.4 Å². The van der Waals surface area contributed by atoms with Crippen LogP contribution in [0.2, 0.25) is 0 Å². The van der Waals surface area contributed by atoms with Crippen LogP contribution < -0.4 is 25.7 Å². The van der Waals surface area contributed by atoms with E-state index >= 15 is 0 Å². The molecule has 29 heavy (non-hydrogen) atoms. The number of hydrogen-bond acceptors (Lipinski definition) is 6. The van der Waals surface area contributed by atoms with Gasteiger partial charge in [-0.05, 0) is 31.2 Å². The summed E-state index contributed by atoms with van der Waals surface area (Å²) >= 11 is 0. The summed E-state index contributed by atoms with van der Waals surface area (Å²) < 4.78 is 33.8. The van der Waals surface area contributed by atoms with E-state index in [1.807, 2.05) is 11.0 Å². The van der Waals surface area contributed by atoms with E-state index in [4.69, 9.17) is 4.74 Å². The van der Waals surface area contributed by atoms with E-state index in [0.717, 1.165) is 19.2 Å². The fourth-order valence-corrected chi connectivity index (χ4v) is 3.73. The number of carbonyl (C=O) groups excluding carboxylic acids is 1. The first-order chi connectivity index (χ1) is 14.0. The Morgan fingerprint density at radius 1 is 1.21 bits per heavy atom. The quantitative estimate of drug-likeness (QED) is 0.737. The van der Waals surface area contributed by atoms with Crippen molar-refractivity contribution in [3.8, 4) is 16.9 Å². The van der Waals surface area contributed by atoms with Gasteiger partial charge in [0, 0.05) is 36.0 Å². The fraction of sp³-hybridized carbons (Fsp3) is 0.300. The Morgan fingerprint density at radius 3 is 2.76 bits per heavy atom. The van der Waals surface area contributed by atoms with E-state index in [0.29, 0.717) is 28.5 Å². The third-order valence-corrected chi connectivity index (χ3v) is 5.42. The normalized spacial score (nSPS) is 20.7. The summed E-state index contributed by atoms with van der Waals surface area (Å²) in [5, 5.41) is 10.7. The highest BCUT2D eigenvalue weighted by molar-refractivity contribution is 6.10. The number of anilines is 2. The van der Waals surface area contributed by atoms with Crippen LogP contribution in [0.5, 0.6) is 5.75 Å². The lowest BCUT2D eigenvalue weighted by molar-refractivity contribution is -0.122. The van der Waals surface area contributed by atoms with E-state index in [1.54, 1.807) is 13.0 Å². The highest BCUT2D eigenvalue weighted by Gasteiger charge is 2.36. The molecule has 2 aromatic rings. The van der Waals surface area contributed by atoms with Crippen molar-refractivity contribution >= 4 is 23.1 Å². The van der Waals surface area contributed by atoms with Crippen LogP contribution in [0.25, 0.3) is 11.1 Å². The number of nitrogens with one attached hydrogen (secondary N) is 3. The molecule has 2 aromatic carbocycles. The van der Waals surface area contributed by atoms with Crippen LogP contribution in [-0.4, -0.2) is 43.5 Å². The Balaban J connectivity index is 1.65. The number of amidine groups is 1. The number of amides is 1. The van der Waals surface area contributed by atoms with Gasteiger partial charge in [-0.1, -0.05) is 0 Å². The van der Waals surface area contributed by atoms with Crippen LogP contribution in [-0.2, 0) is 4.79 Å². The number of hydrazone groups is 1.